The van der Waals surface area contributed by atoms with Crippen molar-refractivity contribution in [3.8, 4) is 0 Å². The molecule has 5 nitrogen and oxygen atoms in total. The molecule has 116 valence electrons. The van der Waals surface area contributed by atoms with E-state index in [0.29, 0.717) is 10.8 Å². The van der Waals surface area contributed by atoms with Crippen molar-refractivity contribution in [2.45, 2.75) is 31.5 Å². The number of hydrogen-bond donors (Lipinski definition) is 2. The SMILES string of the molecule is CCNCc1ccc(S(=O)(=O)NCCN(CC)CC)s1. The average Bonchev–Trinajstić information content (AvgIpc) is 2.91. The fourth-order valence-electron chi connectivity index (χ4n) is 1.79. The maximum absolute atomic E-state index is 12.1. The van der Waals surface area contributed by atoms with Gasteiger partial charge in [0, 0.05) is 24.5 Å². The Kier molecular flexibility index (Phi) is 7.68. The van der Waals surface area contributed by atoms with Crippen LogP contribution in [0.5, 0.6) is 0 Å². The number of sulfonamides is 1. The minimum Gasteiger partial charge on any atom is -0.312 e. The summed E-state index contributed by atoms with van der Waals surface area (Å²) in [6.45, 7) is 10.8. The Morgan fingerprint density at radius 3 is 2.50 bits per heavy atom. The van der Waals surface area contributed by atoms with Crippen LogP contribution >= 0.6 is 11.3 Å². The molecule has 1 aromatic heterocycles. The van der Waals surface area contributed by atoms with Gasteiger partial charge in [-0.15, -0.1) is 11.3 Å². The number of hydrogen-bond acceptors (Lipinski definition) is 5. The second-order valence-electron chi connectivity index (χ2n) is 4.43. The maximum Gasteiger partial charge on any atom is 0.250 e. The fraction of sp³-hybridized carbons (Fsp3) is 0.692. The van der Waals surface area contributed by atoms with Crippen molar-refractivity contribution in [1.82, 2.24) is 14.9 Å². The van der Waals surface area contributed by atoms with Gasteiger partial charge in [0.15, 0.2) is 0 Å². The Labute approximate surface area is 126 Å². The number of rotatable bonds is 10. The zero-order valence-electron chi connectivity index (χ0n) is 12.5. The third-order valence-electron chi connectivity index (χ3n) is 3.07. The number of nitrogens with one attached hydrogen (secondary N) is 2. The molecular formula is C13H25N3O2S2. The van der Waals surface area contributed by atoms with Crippen LogP contribution in [0, 0.1) is 0 Å². The smallest absolute Gasteiger partial charge is 0.250 e. The van der Waals surface area contributed by atoms with Crippen LogP contribution in [0.25, 0.3) is 0 Å². The van der Waals surface area contributed by atoms with E-state index in [-0.39, 0.29) is 0 Å². The Hall–Kier alpha value is -0.470. The molecule has 0 amide bonds. The summed E-state index contributed by atoms with van der Waals surface area (Å²) in [5.41, 5.74) is 0. The van der Waals surface area contributed by atoms with Crippen molar-refractivity contribution < 1.29 is 8.42 Å². The lowest BCUT2D eigenvalue weighted by Gasteiger charge is -2.17. The molecule has 0 aromatic carbocycles. The van der Waals surface area contributed by atoms with Gasteiger partial charge in [-0.2, -0.15) is 0 Å². The molecule has 0 spiro atoms. The lowest BCUT2D eigenvalue weighted by atomic mass is 10.4. The van der Waals surface area contributed by atoms with Crippen LogP contribution in [-0.4, -0.2) is 46.0 Å². The first-order valence-electron chi connectivity index (χ1n) is 7.04. The molecule has 1 aromatic rings. The van der Waals surface area contributed by atoms with Gasteiger partial charge in [0.05, 0.1) is 0 Å². The summed E-state index contributed by atoms with van der Waals surface area (Å²) >= 11 is 1.32. The highest BCUT2D eigenvalue weighted by atomic mass is 32.2. The molecule has 0 aliphatic rings. The highest BCUT2D eigenvalue weighted by molar-refractivity contribution is 7.91. The van der Waals surface area contributed by atoms with E-state index in [2.05, 4.69) is 28.8 Å². The van der Waals surface area contributed by atoms with E-state index < -0.39 is 10.0 Å². The summed E-state index contributed by atoms with van der Waals surface area (Å²) in [4.78, 5) is 3.23. The van der Waals surface area contributed by atoms with Crippen LogP contribution in [0.15, 0.2) is 16.3 Å². The van der Waals surface area contributed by atoms with Crippen LogP contribution < -0.4 is 10.0 Å². The molecule has 0 aliphatic carbocycles. The molecule has 0 radical (unpaired) electrons. The van der Waals surface area contributed by atoms with Crippen LogP contribution in [0.1, 0.15) is 25.6 Å². The normalized spacial score (nSPS) is 12.2. The fourth-order valence-corrected chi connectivity index (χ4v) is 4.19. The summed E-state index contributed by atoms with van der Waals surface area (Å²) < 4.78 is 27.3. The number of thiophene rings is 1. The molecule has 0 fully saturated rings. The van der Waals surface area contributed by atoms with Gasteiger partial charge in [-0.05, 0) is 31.8 Å². The topological polar surface area (TPSA) is 61.4 Å². The van der Waals surface area contributed by atoms with Crippen LogP contribution in [0.3, 0.4) is 0 Å². The molecule has 1 heterocycles. The molecule has 0 atom stereocenters. The Balaban J connectivity index is 2.53. The first-order chi connectivity index (χ1) is 9.53. The third-order valence-corrected chi connectivity index (χ3v) is 6.10. The first-order valence-corrected chi connectivity index (χ1v) is 9.34. The lowest BCUT2D eigenvalue weighted by molar-refractivity contribution is 0.309. The molecular weight excluding hydrogens is 294 g/mol. The van der Waals surface area contributed by atoms with Gasteiger partial charge in [0.2, 0.25) is 10.0 Å². The Bertz CT molecular complexity index is 482. The van der Waals surface area contributed by atoms with E-state index in [0.717, 1.165) is 37.6 Å². The van der Waals surface area contributed by atoms with Crippen molar-refractivity contribution in [3.05, 3.63) is 17.0 Å². The second kappa shape index (κ2) is 8.74. The van der Waals surface area contributed by atoms with E-state index in [1.165, 1.54) is 11.3 Å². The van der Waals surface area contributed by atoms with Crippen LogP contribution in [-0.2, 0) is 16.6 Å². The quantitative estimate of drug-likeness (QED) is 0.686. The predicted molar refractivity (Wildman–Crippen MR) is 84.7 cm³/mol. The van der Waals surface area contributed by atoms with Crippen molar-refractivity contribution in [2.75, 3.05) is 32.7 Å². The highest BCUT2D eigenvalue weighted by Gasteiger charge is 2.16. The van der Waals surface area contributed by atoms with Crippen molar-refractivity contribution in [3.63, 3.8) is 0 Å². The summed E-state index contributed by atoms with van der Waals surface area (Å²) in [6.07, 6.45) is 0. The van der Waals surface area contributed by atoms with E-state index >= 15 is 0 Å². The van der Waals surface area contributed by atoms with Gasteiger partial charge < -0.3 is 10.2 Å². The lowest BCUT2D eigenvalue weighted by Crippen LogP contribution is -2.34. The maximum atomic E-state index is 12.1. The zero-order chi connectivity index (χ0) is 15.0. The van der Waals surface area contributed by atoms with Gasteiger partial charge in [0.1, 0.15) is 4.21 Å². The van der Waals surface area contributed by atoms with E-state index in [1.807, 2.05) is 13.0 Å². The van der Waals surface area contributed by atoms with Crippen molar-refractivity contribution in [2.24, 2.45) is 0 Å². The minimum atomic E-state index is -3.36. The number of likely N-dealkylation sites (N-methyl/N-ethyl adjacent to an activating group) is 1. The monoisotopic (exact) mass is 319 g/mol. The highest BCUT2D eigenvalue weighted by Crippen LogP contribution is 2.21. The molecule has 7 heteroatoms. The Morgan fingerprint density at radius 2 is 1.90 bits per heavy atom. The van der Waals surface area contributed by atoms with E-state index in [1.54, 1.807) is 6.07 Å². The summed E-state index contributed by atoms with van der Waals surface area (Å²) in [5, 5.41) is 3.19. The van der Waals surface area contributed by atoms with Gasteiger partial charge >= 0.3 is 0 Å². The molecule has 0 bridgehead atoms. The molecule has 1 rings (SSSR count). The van der Waals surface area contributed by atoms with Gasteiger partial charge in [-0.3, -0.25) is 0 Å². The van der Waals surface area contributed by atoms with E-state index in [9.17, 15) is 8.42 Å². The van der Waals surface area contributed by atoms with Gasteiger partial charge in [-0.25, -0.2) is 13.1 Å². The van der Waals surface area contributed by atoms with Crippen molar-refractivity contribution >= 4 is 21.4 Å². The van der Waals surface area contributed by atoms with Crippen LogP contribution in [0.4, 0.5) is 0 Å². The summed E-state index contributed by atoms with van der Waals surface area (Å²) in [5.74, 6) is 0. The summed E-state index contributed by atoms with van der Waals surface area (Å²) in [7, 11) is -3.36. The molecule has 0 aliphatic heterocycles. The predicted octanol–water partition coefficient (Wildman–Crippen LogP) is 1.48. The molecule has 0 saturated carbocycles. The standard InChI is InChI=1S/C13H25N3O2S2/c1-4-14-11-12-7-8-13(19-12)20(17,18)15-9-10-16(5-2)6-3/h7-8,14-15H,4-6,9-11H2,1-3H3. The zero-order valence-corrected chi connectivity index (χ0v) is 14.1. The van der Waals surface area contributed by atoms with Crippen molar-refractivity contribution in [1.29, 1.82) is 0 Å². The van der Waals surface area contributed by atoms with E-state index in [4.69, 9.17) is 0 Å². The molecule has 0 unspecified atom stereocenters. The number of nitrogens with zero attached hydrogens (tertiary/aromatic N) is 1. The van der Waals surface area contributed by atoms with Gasteiger partial charge in [0.25, 0.3) is 0 Å². The first kappa shape index (κ1) is 17.6. The van der Waals surface area contributed by atoms with Gasteiger partial charge in [-0.1, -0.05) is 20.8 Å². The average molecular weight is 319 g/mol. The second-order valence-corrected chi connectivity index (χ2v) is 7.59. The summed E-state index contributed by atoms with van der Waals surface area (Å²) in [6, 6.07) is 3.55. The molecule has 20 heavy (non-hydrogen) atoms. The largest absolute Gasteiger partial charge is 0.312 e. The minimum absolute atomic E-state index is 0.393. The molecule has 2 N–H and O–H groups in total. The molecule has 0 saturated heterocycles. The Morgan fingerprint density at radius 1 is 1.20 bits per heavy atom. The third kappa shape index (κ3) is 5.49. The van der Waals surface area contributed by atoms with Crippen LogP contribution in [0.2, 0.25) is 0 Å².